The number of halogens is 3. The smallest absolute Gasteiger partial charge is 0.266 e. The number of aryl methyl sites for hydroxylation is 1. The summed E-state index contributed by atoms with van der Waals surface area (Å²) in [6, 6.07) is 9.45. The summed E-state index contributed by atoms with van der Waals surface area (Å²) in [7, 11) is 0. The van der Waals surface area contributed by atoms with Crippen molar-refractivity contribution in [2.75, 3.05) is 37.7 Å². The van der Waals surface area contributed by atoms with Crippen LogP contribution in [0.4, 0.5) is 13.9 Å². The van der Waals surface area contributed by atoms with Crippen molar-refractivity contribution in [3.8, 4) is 5.75 Å². The van der Waals surface area contributed by atoms with Gasteiger partial charge in [0.05, 0.1) is 4.70 Å². The van der Waals surface area contributed by atoms with Crippen molar-refractivity contribution >= 4 is 45.0 Å². The molecule has 1 aromatic heterocycles. The monoisotopic (exact) mass is 469 g/mol. The highest BCUT2D eigenvalue weighted by molar-refractivity contribution is 7.22. The number of likely N-dealkylation sites (N-methyl/N-ethyl adjacent to an activating group) is 1. The van der Waals surface area contributed by atoms with Crippen LogP contribution in [0.2, 0.25) is 0 Å². The number of carbonyl (C=O) groups excluding carboxylic acids is 1. The van der Waals surface area contributed by atoms with Gasteiger partial charge in [-0.05, 0) is 38.2 Å². The van der Waals surface area contributed by atoms with Crippen LogP contribution in [0, 0.1) is 18.6 Å². The molecule has 0 radical (unpaired) electrons. The number of nitrogens with zero attached hydrogens (tertiary/aromatic N) is 3. The van der Waals surface area contributed by atoms with E-state index in [1.54, 1.807) is 12.1 Å². The van der Waals surface area contributed by atoms with E-state index in [1.165, 1.54) is 11.0 Å². The summed E-state index contributed by atoms with van der Waals surface area (Å²) < 4.78 is 33.7. The first-order chi connectivity index (χ1) is 14.4. The topological polar surface area (TPSA) is 45.7 Å². The molecule has 0 aliphatic carbocycles. The molecule has 0 unspecified atom stereocenters. The van der Waals surface area contributed by atoms with E-state index >= 15 is 0 Å². The van der Waals surface area contributed by atoms with Gasteiger partial charge in [-0.25, -0.2) is 13.8 Å². The number of thiazole rings is 1. The minimum Gasteiger partial charge on any atom is -0.484 e. The van der Waals surface area contributed by atoms with Crippen molar-refractivity contribution in [3.05, 3.63) is 53.6 Å². The van der Waals surface area contributed by atoms with Gasteiger partial charge in [0, 0.05) is 19.2 Å². The first-order valence-corrected chi connectivity index (χ1v) is 10.7. The maximum absolute atomic E-state index is 14.1. The molecule has 0 bridgehead atoms. The van der Waals surface area contributed by atoms with Gasteiger partial charge in [0.15, 0.2) is 17.6 Å². The molecule has 3 rings (SSSR count). The maximum Gasteiger partial charge on any atom is 0.266 e. The average molecular weight is 470 g/mol. The molecular weight excluding hydrogens is 444 g/mol. The van der Waals surface area contributed by atoms with E-state index in [2.05, 4.69) is 9.88 Å². The molecule has 0 spiro atoms. The first kappa shape index (κ1) is 25.0. The Balaban J connectivity index is 0.00000341. The highest BCUT2D eigenvalue weighted by Gasteiger charge is 2.22. The minimum atomic E-state index is -0.737. The van der Waals surface area contributed by atoms with Crippen LogP contribution in [0.1, 0.15) is 19.4 Å². The fourth-order valence-electron chi connectivity index (χ4n) is 3.03. The summed E-state index contributed by atoms with van der Waals surface area (Å²) in [4.78, 5) is 20.9. The van der Waals surface area contributed by atoms with Gasteiger partial charge in [0.1, 0.15) is 17.1 Å². The Morgan fingerprint density at radius 2 is 1.77 bits per heavy atom. The van der Waals surface area contributed by atoms with Crippen LogP contribution in [-0.4, -0.2) is 48.6 Å². The molecule has 5 nitrogen and oxygen atoms in total. The van der Waals surface area contributed by atoms with Crippen LogP contribution in [0.25, 0.3) is 10.2 Å². The summed E-state index contributed by atoms with van der Waals surface area (Å²) in [5.74, 6) is -1.10. The van der Waals surface area contributed by atoms with Crippen molar-refractivity contribution in [2.24, 2.45) is 0 Å². The van der Waals surface area contributed by atoms with E-state index in [9.17, 15) is 13.6 Å². The Bertz CT molecular complexity index is 1010. The number of aromatic nitrogens is 1. The Morgan fingerprint density at radius 3 is 2.42 bits per heavy atom. The average Bonchev–Trinajstić information content (AvgIpc) is 3.14. The fraction of sp³-hybridized carbons (Fsp3) is 0.364. The number of ether oxygens (including phenoxy) is 1. The molecule has 1 heterocycles. The van der Waals surface area contributed by atoms with E-state index in [1.807, 2.05) is 32.9 Å². The second-order valence-corrected chi connectivity index (χ2v) is 7.91. The SMILES string of the molecule is CCN(CC)CCN(C(=O)COc1ccc(C)cc1)c1nc2c(F)cc(F)cc2s1.Cl. The molecule has 0 saturated heterocycles. The van der Waals surface area contributed by atoms with E-state index in [0.717, 1.165) is 36.1 Å². The Morgan fingerprint density at radius 1 is 1.10 bits per heavy atom. The lowest BCUT2D eigenvalue weighted by Crippen LogP contribution is -2.41. The third-order valence-corrected chi connectivity index (χ3v) is 5.88. The van der Waals surface area contributed by atoms with Crippen molar-refractivity contribution in [3.63, 3.8) is 0 Å². The zero-order valence-corrected chi connectivity index (χ0v) is 19.4. The molecule has 0 fully saturated rings. The lowest BCUT2D eigenvalue weighted by Gasteiger charge is -2.24. The molecule has 0 N–H and O–H groups in total. The molecule has 9 heteroatoms. The van der Waals surface area contributed by atoms with Crippen LogP contribution < -0.4 is 9.64 Å². The predicted molar refractivity (Wildman–Crippen MR) is 124 cm³/mol. The van der Waals surface area contributed by atoms with Crippen LogP contribution >= 0.6 is 23.7 Å². The zero-order chi connectivity index (χ0) is 21.7. The molecule has 1 amide bonds. The van der Waals surface area contributed by atoms with Gasteiger partial charge in [-0.15, -0.1) is 12.4 Å². The lowest BCUT2D eigenvalue weighted by atomic mass is 10.2. The van der Waals surface area contributed by atoms with Crippen molar-refractivity contribution in [1.29, 1.82) is 0 Å². The van der Waals surface area contributed by atoms with Gasteiger partial charge >= 0.3 is 0 Å². The fourth-order valence-corrected chi connectivity index (χ4v) is 4.07. The maximum atomic E-state index is 14.1. The molecule has 0 atom stereocenters. The first-order valence-electron chi connectivity index (χ1n) is 9.89. The molecule has 0 aliphatic rings. The number of hydrogen-bond donors (Lipinski definition) is 0. The number of carbonyl (C=O) groups is 1. The summed E-state index contributed by atoms with van der Waals surface area (Å²) in [5.41, 5.74) is 1.16. The molecule has 2 aromatic carbocycles. The third kappa shape index (κ3) is 6.35. The van der Waals surface area contributed by atoms with E-state index in [-0.39, 0.29) is 30.4 Å². The molecule has 3 aromatic rings. The predicted octanol–water partition coefficient (Wildman–Crippen LogP) is 5.06. The van der Waals surface area contributed by atoms with Crippen LogP contribution in [0.5, 0.6) is 5.75 Å². The van der Waals surface area contributed by atoms with Crippen molar-refractivity contribution in [1.82, 2.24) is 9.88 Å². The summed E-state index contributed by atoms with van der Waals surface area (Å²) >= 11 is 1.09. The van der Waals surface area contributed by atoms with E-state index in [4.69, 9.17) is 4.74 Å². The Hall–Kier alpha value is -2.29. The molecule has 0 saturated carbocycles. The molecule has 168 valence electrons. The van der Waals surface area contributed by atoms with E-state index < -0.39 is 11.6 Å². The van der Waals surface area contributed by atoms with Crippen LogP contribution in [0.15, 0.2) is 36.4 Å². The zero-order valence-electron chi connectivity index (χ0n) is 17.7. The quantitative estimate of drug-likeness (QED) is 0.439. The number of rotatable bonds is 9. The van der Waals surface area contributed by atoms with Crippen LogP contribution in [0.3, 0.4) is 0 Å². The van der Waals surface area contributed by atoms with Crippen molar-refractivity contribution in [2.45, 2.75) is 20.8 Å². The van der Waals surface area contributed by atoms with Gasteiger partial charge in [-0.1, -0.05) is 42.9 Å². The highest BCUT2D eigenvalue weighted by Crippen LogP contribution is 2.31. The van der Waals surface area contributed by atoms with Crippen molar-refractivity contribution < 1.29 is 18.3 Å². The van der Waals surface area contributed by atoms with Gasteiger partial charge in [0.25, 0.3) is 5.91 Å². The number of benzene rings is 2. The standard InChI is InChI=1S/C22H25F2N3O2S.ClH/c1-4-26(5-2)10-11-27(20(28)14-29-17-8-6-15(3)7-9-17)22-25-21-18(24)12-16(23)13-19(21)30-22;/h6-9,12-13H,4-5,10-11,14H2,1-3H3;1H. The molecular formula is C22H26ClF2N3O2S. The Labute approximate surface area is 191 Å². The largest absolute Gasteiger partial charge is 0.484 e. The molecule has 31 heavy (non-hydrogen) atoms. The third-order valence-electron chi connectivity index (χ3n) is 4.85. The minimum absolute atomic E-state index is 0. The second kappa shape index (κ2) is 11.4. The molecule has 0 aliphatic heterocycles. The summed E-state index contributed by atoms with van der Waals surface area (Å²) in [6.07, 6.45) is 0. The summed E-state index contributed by atoms with van der Waals surface area (Å²) in [5, 5.41) is 0.333. The second-order valence-electron chi connectivity index (χ2n) is 6.90. The van der Waals surface area contributed by atoms with Gasteiger partial charge < -0.3 is 9.64 Å². The van der Waals surface area contributed by atoms with Gasteiger partial charge in [-0.2, -0.15) is 0 Å². The summed E-state index contributed by atoms with van der Waals surface area (Å²) in [6.45, 7) is 8.60. The van der Waals surface area contributed by atoms with Crippen LogP contribution in [-0.2, 0) is 4.79 Å². The van der Waals surface area contributed by atoms with Gasteiger partial charge in [-0.3, -0.25) is 9.69 Å². The number of fused-ring (bicyclic) bond motifs is 1. The van der Waals surface area contributed by atoms with Gasteiger partial charge in [0.2, 0.25) is 0 Å². The Kier molecular flexibility index (Phi) is 9.15. The normalized spacial score (nSPS) is 10.9. The van der Waals surface area contributed by atoms with E-state index in [0.29, 0.717) is 28.7 Å². The number of anilines is 1. The number of hydrogen-bond acceptors (Lipinski definition) is 5. The number of amides is 1. The highest BCUT2D eigenvalue weighted by atomic mass is 35.5. The lowest BCUT2D eigenvalue weighted by molar-refractivity contribution is -0.120.